The minimum atomic E-state index is -1.03. The Labute approximate surface area is 353 Å². The number of unbranched alkanes of at least 4 members (excludes halogenated alkanes) is 30. The molecule has 0 aliphatic heterocycles. The molecule has 2 unspecified atom stereocenters. The van der Waals surface area contributed by atoms with Crippen LogP contribution in [0.5, 0.6) is 0 Å². The van der Waals surface area contributed by atoms with Crippen LogP contribution < -0.4 is 5.73 Å². The van der Waals surface area contributed by atoms with Crippen molar-refractivity contribution in [3.8, 4) is 0 Å². The van der Waals surface area contributed by atoms with Crippen molar-refractivity contribution in [2.45, 2.75) is 245 Å². The summed E-state index contributed by atoms with van der Waals surface area (Å²) >= 11 is 0. The van der Waals surface area contributed by atoms with Crippen molar-refractivity contribution in [1.29, 1.82) is 0 Å². The zero-order valence-electron chi connectivity index (χ0n) is 36.9. The van der Waals surface area contributed by atoms with Gasteiger partial charge in [-0.15, -0.1) is 0 Å². The number of imide groups is 1. The molecule has 0 fully saturated rings. The standard InChI is InChI=1S/C46H88N2O6S2/c1-5-7-9-11-13-15-17-19-21-23-25-27-29-31-33-35-37-53-45(51)43(47)39-55-56-40-44(48(41(3)49)42(4)50)46(52)54-38-36-34-32-30-28-26-24-22-20-18-16-14-12-10-8-6-2/h43-44H,5-40,47H2,1-4H3. The first-order valence-corrected chi connectivity index (χ1v) is 25.9. The van der Waals surface area contributed by atoms with Crippen molar-refractivity contribution >= 4 is 45.3 Å². The van der Waals surface area contributed by atoms with Crippen LogP contribution >= 0.6 is 21.6 Å². The molecule has 8 nitrogen and oxygen atoms in total. The number of carbonyl (C=O) groups excluding carboxylic acids is 4. The summed E-state index contributed by atoms with van der Waals surface area (Å²) in [5.74, 6) is -1.55. The number of hydrogen-bond acceptors (Lipinski definition) is 9. The van der Waals surface area contributed by atoms with Gasteiger partial charge in [0.1, 0.15) is 12.1 Å². The van der Waals surface area contributed by atoms with Crippen molar-refractivity contribution < 1.29 is 28.7 Å². The van der Waals surface area contributed by atoms with Gasteiger partial charge in [-0.3, -0.25) is 19.3 Å². The third kappa shape index (κ3) is 34.8. The van der Waals surface area contributed by atoms with Crippen LogP contribution in [0, 0.1) is 0 Å². The average Bonchev–Trinajstić information content (AvgIpc) is 3.17. The van der Waals surface area contributed by atoms with Crippen LogP contribution in [0.2, 0.25) is 0 Å². The first-order valence-electron chi connectivity index (χ1n) is 23.4. The van der Waals surface area contributed by atoms with Crippen LogP contribution in [0.3, 0.4) is 0 Å². The molecule has 0 aromatic carbocycles. The molecule has 0 bridgehead atoms. The Hall–Kier alpha value is -1.26. The lowest BCUT2D eigenvalue weighted by atomic mass is 10.0. The monoisotopic (exact) mass is 829 g/mol. The third-order valence-corrected chi connectivity index (χ3v) is 13.0. The van der Waals surface area contributed by atoms with Gasteiger partial charge in [-0.05, 0) is 12.8 Å². The molecule has 0 aliphatic carbocycles. The first-order chi connectivity index (χ1) is 27.3. The second-order valence-corrected chi connectivity index (χ2v) is 18.6. The largest absolute Gasteiger partial charge is 0.465 e. The Morgan fingerprint density at radius 3 is 1.00 bits per heavy atom. The molecule has 330 valence electrons. The predicted octanol–water partition coefficient (Wildman–Crippen LogP) is 13.1. The van der Waals surface area contributed by atoms with Gasteiger partial charge in [0, 0.05) is 25.4 Å². The molecule has 0 rings (SSSR count). The van der Waals surface area contributed by atoms with E-state index in [2.05, 4.69) is 13.8 Å². The van der Waals surface area contributed by atoms with E-state index in [1.807, 2.05) is 0 Å². The lowest BCUT2D eigenvalue weighted by molar-refractivity contribution is -0.159. The summed E-state index contributed by atoms with van der Waals surface area (Å²) in [6.45, 7) is 7.74. The number of amides is 2. The zero-order chi connectivity index (χ0) is 41.3. The molecule has 0 aromatic rings. The molecule has 2 N–H and O–H groups in total. The van der Waals surface area contributed by atoms with E-state index in [0.717, 1.165) is 43.4 Å². The second-order valence-electron chi connectivity index (χ2n) is 16.0. The second kappa shape index (κ2) is 41.9. The van der Waals surface area contributed by atoms with Crippen LogP contribution in [0.4, 0.5) is 0 Å². The van der Waals surface area contributed by atoms with Gasteiger partial charge in [0.25, 0.3) is 0 Å². The molecule has 0 spiro atoms. The molecule has 2 atom stereocenters. The van der Waals surface area contributed by atoms with Crippen molar-refractivity contribution in [3.63, 3.8) is 0 Å². The highest BCUT2D eigenvalue weighted by Crippen LogP contribution is 2.25. The van der Waals surface area contributed by atoms with Crippen LogP contribution in [0.15, 0.2) is 0 Å². The molecule has 2 amide bonds. The lowest BCUT2D eigenvalue weighted by Crippen LogP contribution is -2.49. The summed E-state index contributed by atoms with van der Waals surface area (Å²) < 4.78 is 10.9. The number of nitrogens with two attached hydrogens (primary N) is 1. The SMILES string of the molecule is CCCCCCCCCCCCCCCCCCOC(=O)C(N)CSSCC(C(=O)OCCCCCCCCCCCCCCCCCC)N(C(C)=O)C(C)=O. The van der Waals surface area contributed by atoms with Gasteiger partial charge in [-0.1, -0.05) is 228 Å². The smallest absolute Gasteiger partial charge is 0.330 e. The molecule has 0 saturated carbocycles. The molecule has 0 aliphatic rings. The maximum atomic E-state index is 13.0. The molecule has 56 heavy (non-hydrogen) atoms. The van der Waals surface area contributed by atoms with Crippen LogP contribution in [-0.2, 0) is 28.7 Å². The van der Waals surface area contributed by atoms with Crippen molar-refractivity contribution in [2.24, 2.45) is 5.73 Å². The molecule has 10 heteroatoms. The van der Waals surface area contributed by atoms with Crippen LogP contribution in [-0.4, -0.2) is 65.5 Å². The zero-order valence-corrected chi connectivity index (χ0v) is 38.5. The molecule has 0 aromatic heterocycles. The summed E-state index contributed by atoms with van der Waals surface area (Å²) in [4.78, 5) is 51.0. The lowest BCUT2D eigenvalue weighted by Gasteiger charge is -2.26. The summed E-state index contributed by atoms with van der Waals surface area (Å²) in [5.41, 5.74) is 6.08. The molecular weight excluding hydrogens is 741 g/mol. The normalized spacial score (nSPS) is 12.4. The van der Waals surface area contributed by atoms with E-state index < -0.39 is 35.8 Å². The van der Waals surface area contributed by atoms with E-state index in [-0.39, 0.29) is 12.4 Å². The number of hydrogen-bond donors (Lipinski definition) is 1. The van der Waals surface area contributed by atoms with E-state index in [4.69, 9.17) is 15.2 Å². The number of esters is 2. The van der Waals surface area contributed by atoms with Gasteiger partial charge in [0.2, 0.25) is 11.8 Å². The van der Waals surface area contributed by atoms with Gasteiger partial charge in [0.15, 0.2) is 0 Å². The summed E-state index contributed by atoms with van der Waals surface area (Å²) in [5, 5.41) is 0. The fourth-order valence-corrected chi connectivity index (χ4v) is 9.35. The van der Waals surface area contributed by atoms with Crippen molar-refractivity contribution in [1.82, 2.24) is 4.90 Å². The van der Waals surface area contributed by atoms with Gasteiger partial charge in [-0.2, -0.15) is 0 Å². The van der Waals surface area contributed by atoms with Gasteiger partial charge in [-0.25, -0.2) is 4.79 Å². The van der Waals surface area contributed by atoms with Gasteiger partial charge < -0.3 is 15.2 Å². The van der Waals surface area contributed by atoms with Crippen LogP contribution in [0.1, 0.15) is 233 Å². The van der Waals surface area contributed by atoms with Crippen LogP contribution in [0.25, 0.3) is 0 Å². The molecule has 0 saturated heterocycles. The topological polar surface area (TPSA) is 116 Å². The highest BCUT2D eigenvalue weighted by atomic mass is 33.1. The maximum absolute atomic E-state index is 13.0. The Balaban J connectivity index is 4.04. The fraction of sp³-hybridized carbons (Fsp3) is 0.913. The van der Waals surface area contributed by atoms with E-state index >= 15 is 0 Å². The molecule has 0 heterocycles. The highest BCUT2D eigenvalue weighted by Gasteiger charge is 2.32. The number of rotatable bonds is 42. The van der Waals surface area contributed by atoms with Gasteiger partial charge >= 0.3 is 11.9 Å². The van der Waals surface area contributed by atoms with E-state index in [0.29, 0.717) is 12.4 Å². The van der Waals surface area contributed by atoms with E-state index in [9.17, 15) is 19.2 Å². The Morgan fingerprint density at radius 2 is 0.696 bits per heavy atom. The van der Waals surface area contributed by atoms with Gasteiger partial charge in [0.05, 0.1) is 13.2 Å². The minimum Gasteiger partial charge on any atom is -0.465 e. The third-order valence-electron chi connectivity index (χ3n) is 10.6. The van der Waals surface area contributed by atoms with E-state index in [1.54, 1.807) is 0 Å². The minimum absolute atomic E-state index is 0.155. The summed E-state index contributed by atoms with van der Waals surface area (Å²) in [6, 6.07) is -1.81. The molecule has 0 radical (unpaired) electrons. The summed E-state index contributed by atoms with van der Waals surface area (Å²) in [7, 11) is 2.62. The van der Waals surface area contributed by atoms with E-state index in [1.165, 1.54) is 202 Å². The Bertz CT molecular complexity index is 925. The maximum Gasteiger partial charge on any atom is 0.330 e. The quantitative estimate of drug-likeness (QED) is 0.0365. The number of carbonyl (C=O) groups is 4. The Kier molecular flexibility index (Phi) is 40.9. The number of nitrogens with zero attached hydrogens (tertiary/aromatic N) is 1. The highest BCUT2D eigenvalue weighted by molar-refractivity contribution is 8.76. The fourth-order valence-electron chi connectivity index (χ4n) is 7.06. The number of ether oxygens (including phenoxy) is 2. The molecular formula is C46H88N2O6S2. The van der Waals surface area contributed by atoms with Crippen molar-refractivity contribution in [2.75, 3.05) is 24.7 Å². The predicted molar refractivity (Wildman–Crippen MR) is 241 cm³/mol. The Morgan fingerprint density at radius 1 is 0.429 bits per heavy atom. The average molecular weight is 829 g/mol. The first kappa shape index (κ1) is 54.7. The van der Waals surface area contributed by atoms with Crippen molar-refractivity contribution in [3.05, 3.63) is 0 Å². The summed E-state index contributed by atoms with van der Waals surface area (Å²) in [6.07, 6.45) is 41.0.